The number of hydrogen-bond acceptors (Lipinski definition) is 2. The summed E-state index contributed by atoms with van der Waals surface area (Å²) >= 11 is 6.42. The summed E-state index contributed by atoms with van der Waals surface area (Å²) in [5.41, 5.74) is 5.01. The van der Waals surface area contributed by atoms with E-state index >= 15 is 0 Å². The summed E-state index contributed by atoms with van der Waals surface area (Å²) in [5, 5.41) is 21.4. The first-order valence-electron chi connectivity index (χ1n) is 11.0. The minimum absolute atomic E-state index is 0.0302. The molecule has 0 unspecified atom stereocenters. The third-order valence-corrected chi connectivity index (χ3v) is 6.34. The second-order valence-corrected chi connectivity index (χ2v) is 8.71. The zero-order chi connectivity index (χ0) is 23.7. The van der Waals surface area contributed by atoms with Gasteiger partial charge < -0.3 is 14.8 Å². The van der Waals surface area contributed by atoms with Crippen molar-refractivity contribution in [3.63, 3.8) is 0 Å². The number of carboxylic acids is 1. The summed E-state index contributed by atoms with van der Waals surface area (Å²) in [7, 11) is 0. The number of aromatic hydroxyl groups is 1. The molecule has 0 atom stereocenters. The van der Waals surface area contributed by atoms with Crippen LogP contribution in [0.4, 0.5) is 0 Å². The van der Waals surface area contributed by atoms with Crippen molar-refractivity contribution in [1.29, 1.82) is 0 Å². The number of phenolic OH excluding ortho intramolecular Hbond substituents is 1. The van der Waals surface area contributed by atoms with Crippen molar-refractivity contribution in [2.45, 2.75) is 12.5 Å². The smallest absolute Gasteiger partial charge is 0.335 e. The van der Waals surface area contributed by atoms with Gasteiger partial charge in [-0.3, -0.25) is 0 Å². The van der Waals surface area contributed by atoms with Gasteiger partial charge in [0, 0.05) is 23.0 Å². The van der Waals surface area contributed by atoms with Crippen LogP contribution in [-0.4, -0.2) is 20.7 Å². The molecule has 0 saturated heterocycles. The number of carboxylic acid groups (broad SMARTS) is 1. The standard InChI is InChI=1S/C29H22ClNO3/c30-24-13-14-25-23(15-21-11-12-22(29(33)34)16-27(21)32)18-31(26(25)17-24)28(19-7-3-1-4-8-19)20-9-5-2-6-10-20/h1-14,16-18,28,32H,15H2,(H,33,34). The van der Waals surface area contributed by atoms with E-state index in [1.807, 2.05) is 54.6 Å². The van der Waals surface area contributed by atoms with Crippen LogP contribution in [0, 0.1) is 0 Å². The van der Waals surface area contributed by atoms with Gasteiger partial charge in [-0.2, -0.15) is 0 Å². The number of halogens is 1. The summed E-state index contributed by atoms with van der Waals surface area (Å²) in [6.45, 7) is 0. The maximum atomic E-state index is 11.3. The molecule has 1 aromatic heterocycles. The van der Waals surface area contributed by atoms with Gasteiger partial charge in [0.15, 0.2) is 0 Å². The lowest BCUT2D eigenvalue weighted by atomic mass is 9.98. The molecule has 0 spiro atoms. The van der Waals surface area contributed by atoms with Crippen molar-refractivity contribution < 1.29 is 15.0 Å². The lowest BCUT2D eigenvalue weighted by Gasteiger charge is -2.21. The van der Waals surface area contributed by atoms with Crippen LogP contribution in [0.2, 0.25) is 5.02 Å². The Morgan fingerprint density at radius 3 is 2.06 bits per heavy atom. The molecule has 0 aliphatic rings. The van der Waals surface area contributed by atoms with Gasteiger partial charge in [0.2, 0.25) is 0 Å². The molecule has 0 aliphatic heterocycles. The highest BCUT2D eigenvalue weighted by molar-refractivity contribution is 6.31. The minimum atomic E-state index is -1.07. The SMILES string of the molecule is O=C(O)c1ccc(Cc2cn(C(c3ccccc3)c3ccccc3)c3cc(Cl)ccc23)c(O)c1. The van der Waals surface area contributed by atoms with E-state index in [2.05, 4.69) is 35.0 Å². The van der Waals surface area contributed by atoms with Crippen LogP contribution >= 0.6 is 11.6 Å². The van der Waals surface area contributed by atoms with E-state index in [0.717, 1.165) is 27.6 Å². The average molecular weight is 468 g/mol. The van der Waals surface area contributed by atoms with E-state index in [0.29, 0.717) is 17.0 Å². The van der Waals surface area contributed by atoms with Gasteiger partial charge in [-0.1, -0.05) is 84.4 Å². The van der Waals surface area contributed by atoms with Crippen molar-refractivity contribution in [1.82, 2.24) is 4.57 Å². The highest BCUT2D eigenvalue weighted by atomic mass is 35.5. The molecule has 34 heavy (non-hydrogen) atoms. The second-order valence-electron chi connectivity index (χ2n) is 8.27. The fourth-order valence-electron chi connectivity index (χ4n) is 4.49. The van der Waals surface area contributed by atoms with Crippen LogP contribution < -0.4 is 0 Å². The minimum Gasteiger partial charge on any atom is -0.508 e. The first-order valence-corrected chi connectivity index (χ1v) is 11.3. The Morgan fingerprint density at radius 1 is 0.824 bits per heavy atom. The maximum Gasteiger partial charge on any atom is 0.335 e. The molecule has 5 rings (SSSR count). The van der Waals surface area contributed by atoms with Gasteiger partial charge in [-0.15, -0.1) is 0 Å². The van der Waals surface area contributed by atoms with Crippen LogP contribution in [0.5, 0.6) is 5.75 Å². The fraction of sp³-hybridized carbons (Fsp3) is 0.0690. The highest BCUT2D eigenvalue weighted by Crippen LogP contribution is 2.35. The molecular formula is C29H22ClNO3. The number of phenols is 1. The van der Waals surface area contributed by atoms with E-state index < -0.39 is 5.97 Å². The number of benzene rings is 4. The van der Waals surface area contributed by atoms with Crippen LogP contribution in [0.25, 0.3) is 10.9 Å². The van der Waals surface area contributed by atoms with Crippen LogP contribution in [0.1, 0.15) is 38.7 Å². The number of aromatic carboxylic acids is 1. The topological polar surface area (TPSA) is 62.5 Å². The van der Waals surface area contributed by atoms with Gasteiger partial charge in [0.25, 0.3) is 0 Å². The average Bonchev–Trinajstić information content (AvgIpc) is 3.18. The number of nitrogens with zero attached hydrogens (tertiary/aromatic N) is 1. The fourth-order valence-corrected chi connectivity index (χ4v) is 4.65. The van der Waals surface area contributed by atoms with Gasteiger partial charge >= 0.3 is 5.97 Å². The zero-order valence-electron chi connectivity index (χ0n) is 18.2. The number of aromatic nitrogens is 1. The van der Waals surface area contributed by atoms with Crippen molar-refractivity contribution in [3.05, 3.63) is 136 Å². The molecule has 4 nitrogen and oxygen atoms in total. The predicted molar refractivity (Wildman–Crippen MR) is 135 cm³/mol. The van der Waals surface area contributed by atoms with Crippen LogP contribution in [0.3, 0.4) is 0 Å². The third-order valence-electron chi connectivity index (χ3n) is 6.10. The summed E-state index contributed by atoms with van der Waals surface area (Å²) in [5.74, 6) is -1.10. The Morgan fingerprint density at radius 2 is 1.47 bits per heavy atom. The van der Waals surface area contributed by atoms with Gasteiger partial charge in [0.1, 0.15) is 5.75 Å². The van der Waals surface area contributed by atoms with Gasteiger partial charge in [0.05, 0.1) is 17.1 Å². The van der Waals surface area contributed by atoms with E-state index in [4.69, 9.17) is 11.6 Å². The van der Waals surface area contributed by atoms with E-state index in [1.54, 1.807) is 6.07 Å². The summed E-state index contributed by atoms with van der Waals surface area (Å²) < 4.78 is 2.23. The monoisotopic (exact) mass is 467 g/mol. The molecule has 5 heteroatoms. The number of fused-ring (bicyclic) bond motifs is 1. The molecule has 0 bridgehead atoms. The number of rotatable bonds is 6. The molecule has 1 heterocycles. The van der Waals surface area contributed by atoms with E-state index in [9.17, 15) is 15.0 Å². The molecule has 0 aliphatic carbocycles. The maximum absolute atomic E-state index is 11.3. The van der Waals surface area contributed by atoms with Crippen molar-refractivity contribution in [2.75, 3.05) is 0 Å². The predicted octanol–water partition coefficient (Wildman–Crippen LogP) is 6.93. The van der Waals surface area contributed by atoms with Crippen LogP contribution in [-0.2, 0) is 6.42 Å². The summed E-state index contributed by atoms with van der Waals surface area (Å²) in [6.07, 6.45) is 2.56. The first kappa shape index (κ1) is 21.8. The van der Waals surface area contributed by atoms with E-state index in [1.165, 1.54) is 12.1 Å². The first-order chi connectivity index (χ1) is 16.5. The molecule has 168 valence electrons. The van der Waals surface area contributed by atoms with Crippen LogP contribution in [0.15, 0.2) is 103 Å². The van der Waals surface area contributed by atoms with Crippen molar-refractivity contribution >= 4 is 28.5 Å². The Kier molecular flexibility index (Phi) is 5.83. The molecule has 2 N–H and O–H groups in total. The summed E-state index contributed by atoms with van der Waals surface area (Å²) in [4.78, 5) is 11.3. The van der Waals surface area contributed by atoms with Gasteiger partial charge in [-0.05, 0) is 46.5 Å². The molecule has 0 saturated carbocycles. The second kappa shape index (κ2) is 9.08. The van der Waals surface area contributed by atoms with Crippen molar-refractivity contribution in [2.24, 2.45) is 0 Å². The molecular weight excluding hydrogens is 446 g/mol. The lowest BCUT2D eigenvalue weighted by molar-refractivity contribution is 0.0696. The zero-order valence-corrected chi connectivity index (χ0v) is 19.0. The Balaban J connectivity index is 1.68. The molecule has 4 aromatic carbocycles. The quantitative estimate of drug-likeness (QED) is 0.284. The van der Waals surface area contributed by atoms with E-state index in [-0.39, 0.29) is 17.4 Å². The normalized spacial score (nSPS) is 11.2. The molecule has 0 fully saturated rings. The number of carbonyl (C=O) groups is 1. The van der Waals surface area contributed by atoms with Crippen molar-refractivity contribution in [3.8, 4) is 5.75 Å². The lowest BCUT2D eigenvalue weighted by Crippen LogP contribution is -2.11. The Labute approximate surface area is 202 Å². The third kappa shape index (κ3) is 4.16. The Bertz CT molecular complexity index is 1440. The number of hydrogen-bond donors (Lipinski definition) is 2. The Hall–Kier alpha value is -4.02. The molecule has 0 radical (unpaired) electrons. The van der Waals surface area contributed by atoms with Gasteiger partial charge in [-0.25, -0.2) is 4.79 Å². The molecule has 0 amide bonds. The largest absolute Gasteiger partial charge is 0.508 e. The highest BCUT2D eigenvalue weighted by Gasteiger charge is 2.21. The molecule has 5 aromatic rings. The summed E-state index contributed by atoms with van der Waals surface area (Å²) in [6, 6.07) is 30.9.